The highest BCUT2D eigenvalue weighted by Crippen LogP contribution is 2.23. The molecule has 2 N–H and O–H groups in total. The van der Waals surface area contributed by atoms with E-state index in [-0.39, 0.29) is 5.69 Å². The molecular formula is C17H17N5O3. The number of hydrogen-bond donors (Lipinski definition) is 2. The average Bonchev–Trinajstić information content (AvgIpc) is 3.13. The van der Waals surface area contributed by atoms with Crippen molar-refractivity contribution in [2.24, 2.45) is 0 Å². The number of aromatic nitrogens is 3. The van der Waals surface area contributed by atoms with Crippen LogP contribution in [0.4, 0.5) is 17.2 Å². The van der Waals surface area contributed by atoms with E-state index in [0.717, 1.165) is 37.7 Å². The molecule has 1 aliphatic rings. The van der Waals surface area contributed by atoms with Crippen molar-refractivity contribution in [1.82, 2.24) is 14.4 Å². The summed E-state index contributed by atoms with van der Waals surface area (Å²) in [7, 11) is 0. The van der Waals surface area contributed by atoms with Crippen LogP contribution in [0.15, 0.2) is 42.9 Å². The van der Waals surface area contributed by atoms with Crippen molar-refractivity contribution < 1.29 is 14.6 Å². The Morgan fingerprint density at radius 3 is 2.64 bits per heavy atom. The Hall–Kier alpha value is -3.13. The molecule has 128 valence electrons. The van der Waals surface area contributed by atoms with E-state index in [1.165, 1.54) is 10.6 Å². The number of aromatic carboxylic acids is 1. The van der Waals surface area contributed by atoms with Crippen LogP contribution in [0.1, 0.15) is 10.5 Å². The zero-order chi connectivity index (χ0) is 17.2. The zero-order valence-corrected chi connectivity index (χ0v) is 13.4. The number of anilines is 3. The van der Waals surface area contributed by atoms with Gasteiger partial charge in [-0.2, -0.15) is 0 Å². The number of fused-ring (bicyclic) bond motifs is 1. The van der Waals surface area contributed by atoms with Crippen molar-refractivity contribution >= 4 is 28.8 Å². The highest BCUT2D eigenvalue weighted by atomic mass is 16.5. The van der Waals surface area contributed by atoms with Crippen LogP contribution in [0.2, 0.25) is 0 Å². The van der Waals surface area contributed by atoms with Gasteiger partial charge in [-0.25, -0.2) is 14.8 Å². The molecule has 0 spiro atoms. The first-order chi connectivity index (χ1) is 12.2. The van der Waals surface area contributed by atoms with Crippen molar-refractivity contribution in [3.63, 3.8) is 0 Å². The van der Waals surface area contributed by atoms with E-state index in [1.54, 1.807) is 12.4 Å². The van der Waals surface area contributed by atoms with Gasteiger partial charge in [0.05, 0.1) is 19.4 Å². The summed E-state index contributed by atoms with van der Waals surface area (Å²) in [5, 5.41) is 12.4. The molecule has 25 heavy (non-hydrogen) atoms. The molecule has 0 atom stereocenters. The predicted octanol–water partition coefficient (Wildman–Crippen LogP) is 2.01. The van der Waals surface area contributed by atoms with Crippen LogP contribution in [-0.2, 0) is 4.74 Å². The van der Waals surface area contributed by atoms with Gasteiger partial charge < -0.3 is 20.1 Å². The van der Waals surface area contributed by atoms with Gasteiger partial charge in [0.1, 0.15) is 0 Å². The van der Waals surface area contributed by atoms with Gasteiger partial charge in [-0.1, -0.05) is 0 Å². The lowest BCUT2D eigenvalue weighted by molar-refractivity contribution is 0.0688. The molecule has 1 aliphatic heterocycles. The lowest BCUT2D eigenvalue weighted by Crippen LogP contribution is -2.36. The number of benzene rings is 1. The number of nitrogens with one attached hydrogen (secondary N) is 1. The quantitative estimate of drug-likeness (QED) is 0.751. The number of hydrogen-bond acceptors (Lipinski definition) is 6. The summed E-state index contributed by atoms with van der Waals surface area (Å²) in [6, 6.07) is 8.03. The number of rotatable bonds is 4. The minimum absolute atomic E-state index is 0.0701. The molecule has 0 saturated carbocycles. The van der Waals surface area contributed by atoms with Crippen molar-refractivity contribution in [2.45, 2.75) is 0 Å². The van der Waals surface area contributed by atoms with Crippen molar-refractivity contribution in [2.75, 3.05) is 36.5 Å². The summed E-state index contributed by atoms with van der Waals surface area (Å²) >= 11 is 0. The molecule has 0 aliphatic carbocycles. The third-order valence-electron chi connectivity index (χ3n) is 4.15. The maximum atomic E-state index is 11.2. The molecule has 0 amide bonds. The molecule has 4 rings (SSSR count). The molecule has 2 aromatic heterocycles. The Morgan fingerprint density at radius 1 is 1.16 bits per heavy atom. The second-order valence-electron chi connectivity index (χ2n) is 5.69. The normalized spacial score (nSPS) is 14.6. The second kappa shape index (κ2) is 6.40. The fraction of sp³-hybridized carbons (Fsp3) is 0.235. The lowest BCUT2D eigenvalue weighted by Gasteiger charge is -2.28. The molecule has 1 fully saturated rings. The third kappa shape index (κ3) is 2.99. The van der Waals surface area contributed by atoms with E-state index in [9.17, 15) is 9.90 Å². The molecule has 1 aromatic carbocycles. The Labute approximate surface area is 143 Å². The van der Waals surface area contributed by atoms with Crippen LogP contribution in [0.5, 0.6) is 0 Å². The van der Waals surface area contributed by atoms with E-state index >= 15 is 0 Å². The molecule has 0 unspecified atom stereocenters. The van der Waals surface area contributed by atoms with Gasteiger partial charge in [-0.05, 0) is 24.3 Å². The predicted molar refractivity (Wildman–Crippen MR) is 92.7 cm³/mol. The van der Waals surface area contributed by atoms with Gasteiger partial charge in [0.15, 0.2) is 17.2 Å². The van der Waals surface area contributed by atoms with E-state index in [4.69, 9.17) is 4.74 Å². The molecule has 8 nitrogen and oxygen atoms in total. The van der Waals surface area contributed by atoms with Crippen molar-refractivity contribution in [3.8, 4) is 0 Å². The minimum Gasteiger partial charge on any atom is -0.477 e. The first-order valence-corrected chi connectivity index (χ1v) is 7.97. The Morgan fingerprint density at radius 2 is 1.92 bits per heavy atom. The van der Waals surface area contributed by atoms with Crippen LogP contribution < -0.4 is 10.2 Å². The Bertz CT molecular complexity index is 900. The second-order valence-corrected chi connectivity index (χ2v) is 5.69. The highest BCUT2D eigenvalue weighted by molar-refractivity contribution is 5.87. The molecule has 3 heterocycles. The zero-order valence-electron chi connectivity index (χ0n) is 13.4. The van der Waals surface area contributed by atoms with Gasteiger partial charge in [0, 0.05) is 36.9 Å². The fourth-order valence-electron chi connectivity index (χ4n) is 2.88. The van der Waals surface area contributed by atoms with Crippen LogP contribution >= 0.6 is 0 Å². The molecule has 0 radical (unpaired) electrons. The summed E-state index contributed by atoms with van der Waals surface area (Å²) in [6.45, 7) is 3.27. The van der Waals surface area contributed by atoms with Crippen LogP contribution in [-0.4, -0.2) is 51.7 Å². The molecule has 0 bridgehead atoms. The van der Waals surface area contributed by atoms with Crippen LogP contribution in [0, 0.1) is 0 Å². The van der Waals surface area contributed by atoms with E-state index in [1.807, 2.05) is 24.3 Å². The Balaban J connectivity index is 1.58. The monoisotopic (exact) mass is 339 g/mol. The number of nitrogens with zero attached hydrogens (tertiary/aromatic N) is 4. The first kappa shape index (κ1) is 15.4. The summed E-state index contributed by atoms with van der Waals surface area (Å²) in [6.07, 6.45) is 4.48. The summed E-state index contributed by atoms with van der Waals surface area (Å²) in [5.74, 6) is -0.536. The van der Waals surface area contributed by atoms with E-state index < -0.39 is 5.97 Å². The molecular weight excluding hydrogens is 322 g/mol. The van der Waals surface area contributed by atoms with Gasteiger partial charge in [0.2, 0.25) is 0 Å². The van der Waals surface area contributed by atoms with E-state index in [2.05, 4.69) is 20.2 Å². The number of morpholine rings is 1. The summed E-state index contributed by atoms with van der Waals surface area (Å²) in [5.41, 5.74) is 2.55. The standard InChI is InChI=1S/C17H17N5O3/c23-17(24)14-11-19-15(16-18-5-6-22(14)16)20-12-1-3-13(4-2-12)21-7-9-25-10-8-21/h1-6,11H,7-10H2,(H,19,20)(H,23,24). The van der Waals surface area contributed by atoms with Crippen LogP contribution in [0.25, 0.3) is 5.65 Å². The summed E-state index contributed by atoms with van der Waals surface area (Å²) in [4.78, 5) is 21.9. The molecule has 8 heteroatoms. The first-order valence-electron chi connectivity index (χ1n) is 7.97. The minimum atomic E-state index is -1.04. The number of imidazole rings is 1. The van der Waals surface area contributed by atoms with E-state index in [0.29, 0.717) is 11.5 Å². The maximum Gasteiger partial charge on any atom is 0.354 e. The fourth-order valence-corrected chi connectivity index (χ4v) is 2.88. The third-order valence-corrected chi connectivity index (χ3v) is 4.15. The highest BCUT2D eigenvalue weighted by Gasteiger charge is 2.14. The molecule has 1 saturated heterocycles. The lowest BCUT2D eigenvalue weighted by atomic mass is 10.2. The largest absolute Gasteiger partial charge is 0.477 e. The topological polar surface area (TPSA) is 92.0 Å². The number of carbonyl (C=O) groups is 1. The number of carboxylic acids is 1. The van der Waals surface area contributed by atoms with Crippen molar-refractivity contribution in [3.05, 3.63) is 48.5 Å². The molecule has 3 aromatic rings. The maximum absolute atomic E-state index is 11.2. The summed E-state index contributed by atoms with van der Waals surface area (Å²) < 4.78 is 6.87. The number of ether oxygens (including phenoxy) is 1. The number of carboxylic acid groups (broad SMARTS) is 1. The van der Waals surface area contributed by atoms with Crippen LogP contribution in [0.3, 0.4) is 0 Å². The Kier molecular flexibility index (Phi) is 3.95. The van der Waals surface area contributed by atoms with Gasteiger partial charge in [0.25, 0.3) is 0 Å². The smallest absolute Gasteiger partial charge is 0.354 e. The van der Waals surface area contributed by atoms with Gasteiger partial charge in [-0.3, -0.25) is 4.40 Å². The SMILES string of the molecule is O=C(O)c1cnc(Nc2ccc(N3CCOCC3)cc2)c2nccn12. The van der Waals surface area contributed by atoms with Gasteiger partial charge >= 0.3 is 5.97 Å². The van der Waals surface area contributed by atoms with Gasteiger partial charge in [-0.15, -0.1) is 0 Å². The van der Waals surface area contributed by atoms with Crippen molar-refractivity contribution in [1.29, 1.82) is 0 Å². The average molecular weight is 339 g/mol.